The van der Waals surface area contributed by atoms with Crippen molar-refractivity contribution in [3.05, 3.63) is 60.2 Å². The van der Waals surface area contributed by atoms with E-state index in [2.05, 4.69) is 4.98 Å². The van der Waals surface area contributed by atoms with Gasteiger partial charge in [-0.05, 0) is 23.6 Å². The van der Waals surface area contributed by atoms with Gasteiger partial charge in [0.15, 0.2) is 0 Å². The number of pyridine rings is 1. The van der Waals surface area contributed by atoms with Gasteiger partial charge in [-0.2, -0.15) is 0 Å². The molecular formula is C15H12N2O2S2. The molecule has 21 heavy (non-hydrogen) atoms. The van der Waals surface area contributed by atoms with Crippen LogP contribution >= 0.6 is 11.3 Å². The van der Waals surface area contributed by atoms with Crippen molar-refractivity contribution in [3.63, 3.8) is 0 Å². The summed E-state index contributed by atoms with van der Waals surface area (Å²) in [6.45, 7) is 0. The van der Waals surface area contributed by atoms with E-state index in [1.54, 1.807) is 41.9 Å². The molecule has 0 aliphatic carbocycles. The minimum Gasteiger partial charge on any atom is -0.264 e. The summed E-state index contributed by atoms with van der Waals surface area (Å²) >= 11 is 1.54. The van der Waals surface area contributed by atoms with E-state index in [0.29, 0.717) is 5.56 Å². The average Bonchev–Trinajstić information content (AvgIpc) is 2.96. The Balaban J connectivity index is 2.23. The first-order chi connectivity index (χ1) is 10.1. The molecule has 0 aliphatic heterocycles. The zero-order valence-corrected chi connectivity index (χ0v) is 12.6. The Morgan fingerprint density at radius 1 is 1.00 bits per heavy atom. The quantitative estimate of drug-likeness (QED) is 0.807. The molecule has 2 N–H and O–H groups in total. The second-order valence-electron chi connectivity index (χ2n) is 4.45. The SMILES string of the molecule is NS(=O)(=O)c1ccccc1-c1ccsc1-c1cccnc1. The number of hydrogen-bond donors (Lipinski definition) is 1. The van der Waals surface area contributed by atoms with Crippen molar-refractivity contribution in [2.75, 3.05) is 0 Å². The minimum absolute atomic E-state index is 0.133. The molecule has 3 rings (SSSR count). The fourth-order valence-electron chi connectivity index (χ4n) is 2.18. The van der Waals surface area contributed by atoms with Gasteiger partial charge in [-0.25, -0.2) is 13.6 Å². The molecule has 106 valence electrons. The van der Waals surface area contributed by atoms with E-state index in [1.807, 2.05) is 23.6 Å². The van der Waals surface area contributed by atoms with E-state index in [-0.39, 0.29) is 4.90 Å². The van der Waals surface area contributed by atoms with E-state index in [4.69, 9.17) is 5.14 Å². The Labute approximate surface area is 127 Å². The lowest BCUT2D eigenvalue weighted by Gasteiger charge is -2.08. The Bertz CT molecular complexity index is 871. The lowest BCUT2D eigenvalue weighted by atomic mass is 10.0. The van der Waals surface area contributed by atoms with Gasteiger partial charge in [0, 0.05) is 34.0 Å². The number of aromatic nitrogens is 1. The Kier molecular flexibility index (Phi) is 3.59. The first-order valence-electron chi connectivity index (χ1n) is 6.17. The Hall–Kier alpha value is -2.02. The fraction of sp³-hybridized carbons (Fsp3) is 0. The highest BCUT2D eigenvalue weighted by Crippen LogP contribution is 2.38. The molecule has 6 heteroatoms. The van der Waals surface area contributed by atoms with Gasteiger partial charge in [-0.3, -0.25) is 4.98 Å². The second kappa shape index (κ2) is 5.40. The van der Waals surface area contributed by atoms with Crippen LogP contribution in [-0.2, 0) is 10.0 Å². The number of nitrogens with two attached hydrogens (primary N) is 1. The number of sulfonamides is 1. The van der Waals surface area contributed by atoms with E-state index in [9.17, 15) is 8.42 Å². The smallest absolute Gasteiger partial charge is 0.238 e. The van der Waals surface area contributed by atoms with Crippen LogP contribution in [0.3, 0.4) is 0 Å². The molecule has 0 amide bonds. The van der Waals surface area contributed by atoms with Gasteiger partial charge in [-0.15, -0.1) is 11.3 Å². The number of hydrogen-bond acceptors (Lipinski definition) is 4. The van der Waals surface area contributed by atoms with Crippen LogP contribution in [0.2, 0.25) is 0 Å². The third-order valence-corrected chi connectivity index (χ3v) is 5.01. The number of thiophene rings is 1. The van der Waals surface area contributed by atoms with Crippen molar-refractivity contribution in [2.45, 2.75) is 4.90 Å². The monoisotopic (exact) mass is 316 g/mol. The van der Waals surface area contributed by atoms with E-state index in [1.165, 1.54) is 6.07 Å². The van der Waals surface area contributed by atoms with Crippen LogP contribution < -0.4 is 5.14 Å². The maximum atomic E-state index is 11.8. The largest absolute Gasteiger partial charge is 0.264 e. The molecule has 0 saturated heterocycles. The molecule has 0 atom stereocenters. The molecule has 0 radical (unpaired) electrons. The van der Waals surface area contributed by atoms with Crippen LogP contribution in [0.15, 0.2) is 65.1 Å². The zero-order valence-electron chi connectivity index (χ0n) is 10.9. The van der Waals surface area contributed by atoms with Crippen LogP contribution in [0.4, 0.5) is 0 Å². The van der Waals surface area contributed by atoms with E-state index in [0.717, 1.165) is 16.0 Å². The molecule has 1 aromatic carbocycles. The van der Waals surface area contributed by atoms with Crippen molar-refractivity contribution >= 4 is 21.4 Å². The molecule has 2 aromatic heterocycles. The van der Waals surface area contributed by atoms with E-state index < -0.39 is 10.0 Å². The standard InChI is InChI=1S/C15H12N2O2S2/c16-21(18,19)14-6-2-1-5-12(14)13-7-9-20-15(13)11-4-3-8-17-10-11/h1-10H,(H2,16,18,19). The highest BCUT2D eigenvalue weighted by atomic mass is 32.2. The lowest BCUT2D eigenvalue weighted by Crippen LogP contribution is -2.13. The number of nitrogens with zero attached hydrogens (tertiary/aromatic N) is 1. The first kappa shape index (κ1) is 13.9. The second-order valence-corrected chi connectivity index (χ2v) is 6.89. The number of rotatable bonds is 3. The Morgan fingerprint density at radius 2 is 1.81 bits per heavy atom. The molecule has 0 fully saturated rings. The van der Waals surface area contributed by atoms with Crippen molar-refractivity contribution in [1.82, 2.24) is 4.98 Å². The number of primary sulfonamides is 1. The third-order valence-electron chi connectivity index (χ3n) is 3.07. The fourth-order valence-corrected chi connectivity index (χ4v) is 3.83. The van der Waals surface area contributed by atoms with Crippen LogP contribution in [0, 0.1) is 0 Å². The summed E-state index contributed by atoms with van der Waals surface area (Å²) in [5, 5.41) is 7.24. The molecule has 3 aromatic rings. The van der Waals surface area contributed by atoms with Gasteiger partial charge in [0.2, 0.25) is 10.0 Å². The summed E-state index contributed by atoms with van der Waals surface area (Å²) in [6, 6.07) is 12.5. The summed E-state index contributed by atoms with van der Waals surface area (Å²) < 4.78 is 23.5. The predicted molar refractivity (Wildman–Crippen MR) is 84.4 cm³/mol. The number of benzene rings is 1. The van der Waals surface area contributed by atoms with Gasteiger partial charge in [0.1, 0.15) is 0 Å². The molecule has 0 unspecified atom stereocenters. The van der Waals surface area contributed by atoms with Gasteiger partial charge in [0.05, 0.1) is 4.90 Å². The molecular weight excluding hydrogens is 304 g/mol. The topological polar surface area (TPSA) is 73.1 Å². The molecule has 0 bridgehead atoms. The van der Waals surface area contributed by atoms with Crippen LogP contribution in [0.1, 0.15) is 0 Å². The summed E-state index contributed by atoms with van der Waals surface area (Å²) in [4.78, 5) is 5.21. The predicted octanol–water partition coefficient (Wildman–Crippen LogP) is 3.12. The maximum absolute atomic E-state index is 11.8. The molecule has 0 saturated carbocycles. The van der Waals surface area contributed by atoms with Gasteiger partial charge in [-0.1, -0.05) is 24.3 Å². The van der Waals surface area contributed by atoms with Crippen LogP contribution in [0.5, 0.6) is 0 Å². The van der Waals surface area contributed by atoms with Crippen molar-refractivity contribution in [2.24, 2.45) is 5.14 Å². The van der Waals surface area contributed by atoms with Gasteiger partial charge in [0.25, 0.3) is 0 Å². The molecule has 0 aliphatic rings. The first-order valence-corrected chi connectivity index (χ1v) is 8.60. The van der Waals surface area contributed by atoms with Gasteiger partial charge >= 0.3 is 0 Å². The molecule has 0 spiro atoms. The third kappa shape index (κ3) is 2.73. The summed E-state index contributed by atoms with van der Waals surface area (Å²) in [6.07, 6.45) is 3.46. The van der Waals surface area contributed by atoms with Gasteiger partial charge < -0.3 is 0 Å². The maximum Gasteiger partial charge on any atom is 0.238 e. The zero-order chi connectivity index (χ0) is 14.9. The summed E-state index contributed by atoms with van der Waals surface area (Å²) in [5.41, 5.74) is 2.41. The van der Waals surface area contributed by atoms with Crippen LogP contribution in [0.25, 0.3) is 21.6 Å². The summed E-state index contributed by atoms with van der Waals surface area (Å²) in [5.74, 6) is 0. The minimum atomic E-state index is -3.77. The highest BCUT2D eigenvalue weighted by molar-refractivity contribution is 7.89. The van der Waals surface area contributed by atoms with Crippen LogP contribution in [-0.4, -0.2) is 13.4 Å². The Morgan fingerprint density at radius 3 is 2.52 bits per heavy atom. The van der Waals surface area contributed by atoms with E-state index >= 15 is 0 Å². The lowest BCUT2D eigenvalue weighted by molar-refractivity contribution is 0.598. The van der Waals surface area contributed by atoms with Crippen molar-refractivity contribution in [1.29, 1.82) is 0 Å². The van der Waals surface area contributed by atoms with Crippen molar-refractivity contribution in [3.8, 4) is 21.6 Å². The highest BCUT2D eigenvalue weighted by Gasteiger charge is 2.18. The normalized spacial score (nSPS) is 11.5. The molecule has 4 nitrogen and oxygen atoms in total. The van der Waals surface area contributed by atoms with Crippen molar-refractivity contribution < 1.29 is 8.42 Å². The molecule has 2 heterocycles. The average molecular weight is 316 g/mol. The summed E-state index contributed by atoms with van der Waals surface area (Å²) in [7, 11) is -3.77.